The normalized spacial score (nSPS) is 12.2. The number of amides is 1. The summed E-state index contributed by atoms with van der Waals surface area (Å²) in [4.78, 5) is 17.6. The van der Waals surface area contributed by atoms with Crippen LogP contribution in [0.3, 0.4) is 0 Å². The first-order valence-corrected chi connectivity index (χ1v) is 19.4. The Morgan fingerprint density at radius 2 is 1.67 bits per heavy atom. The zero-order valence-corrected chi connectivity index (χ0v) is 31.7. The number of hydrogen-bond acceptors (Lipinski definition) is 7. The summed E-state index contributed by atoms with van der Waals surface area (Å²) in [5.41, 5.74) is 5.49. The molecule has 0 bridgehead atoms. The number of fused-ring (bicyclic) bond motifs is 1. The molecule has 1 amide bonds. The van der Waals surface area contributed by atoms with Gasteiger partial charge in [-0.05, 0) is 84.5 Å². The van der Waals surface area contributed by atoms with Crippen LogP contribution in [0.4, 0.5) is 5.69 Å². The highest BCUT2D eigenvalue weighted by atomic mass is 32.2. The number of aromatic amines is 1. The summed E-state index contributed by atoms with van der Waals surface area (Å²) in [7, 11) is -3.43. The van der Waals surface area contributed by atoms with Gasteiger partial charge in [0.05, 0.1) is 18.6 Å². The fourth-order valence-corrected chi connectivity index (χ4v) is 6.16. The quantitative estimate of drug-likeness (QED) is 0.0880. The number of H-pyrrole nitrogens is 1. The summed E-state index contributed by atoms with van der Waals surface area (Å²) in [6.07, 6.45) is 4.47. The number of aromatic nitrogens is 4. The summed E-state index contributed by atoms with van der Waals surface area (Å²) < 4.78 is 39.9. The van der Waals surface area contributed by atoms with Gasteiger partial charge in [0, 0.05) is 28.9 Å². The van der Waals surface area contributed by atoms with Crippen molar-refractivity contribution in [3.63, 3.8) is 0 Å². The number of anilines is 1. The van der Waals surface area contributed by atoms with Crippen molar-refractivity contribution in [1.82, 2.24) is 25.1 Å². The highest BCUT2D eigenvalue weighted by Gasteiger charge is 2.27. The van der Waals surface area contributed by atoms with E-state index in [1.807, 2.05) is 6.92 Å². The van der Waals surface area contributed by atoms with Crippen molar-refractivity contribution in [2.75, 3.05) is 24.1 Å². The minimum atomic E-state index is -3.43. The van der Waals surface area contributed by atoms with Gasteiger partial charge in [0.15, 0.2) is 11.6 Å². The average Bonchev–Trinajstić information content (AvgIpc) is 3.66. The van der Waals surface area contributed by atoms with E-state index >= 15 is 0 Å². The number of hydrogen-bond donors (Lipinski definition) is 3. The summed E-state index contributed by atoms with van der Waals surface area (Å²) in [5.74, 6) is 2.20. The van der Waals surface area contributed by atoms with Crippen LogP contribution in [0.2, 0.25) is 0 Å². The second-order valence-electron chi connectivity index (χ2n) is 14.2. The van der Waals surface area contributed by atoms with E-state index in [0.29, 0.717) is 65.8 Å². The van der Waals surface area contributed by atoms with Gasteiger partial charge >= 0.3 is 0 Å². The fourth-order valence-electron chi connectivity index (χ4n) is 5.61. The first-order valence-electron chi connectivity index (χ1n) is 17.5. The van der Waals surface area contributed by atoms with E-state index in [4.69, 9.17) is 9.47 Å². The van der Waals surface area contributed by atoms with Gasteiger partial charge in [-0.15, -0.1) is 9.73 Å². The monoisotopic (exact) mass is 714 g/mol. The molecule has 2 heterocycles. The third-order valence-electron chi connectivity index (χ3n) is 9.56. The van der Waals surface area contributed by atoms with Crippen LogP contribution in [0.15, 0.2) is 66.7 Å². The second-order valence-corrected chi connectivity index (χ2v) is 15.9. The molecule has 11 nitrogen and oxygen atoms in total. The second kappa shape index (κ2) is 15.2. The van der Waals surface area contributed by atoms with Crippen molar-refractivity contribution in [1.29, 1.82) is 0 Å². The van der Waals surface area contributed by atoms with Gasteiger partial charge in [0.1, 0.15) is 11.5 Å². The molecule has 0 saturated heterocycles. The molecule has 0 saturated carbocycles. The molecule has 5 aromatic rings. The maximum Gasteiger partial charge on any atom is 0.251 e. The van der Waals surface area contributed by atoms with Crippen LogP contribution in [-0.2, 0) is 27.3 Å². The largest absolute Gasteiger partial charge is 0.493 e. The summed E-state index contributed by atoms with van der Waals surface area (Å²) in [5, 5.41) is 10.8. The molecule has 3 aromatic carbocycles. The number of sulfonamides is 1. The molecule has 5 rings (SSSR count). The van der Waals surface area contributed by atoms with Crippen LogP contribution in [0.1, 0.15) is 94.9 Å². The number of aryl methyl sites for hydroxylation is 1. The van der Waals surface area contributed by atoms with E-state index in [-0.39, 0.29) is 16.7 Å². The predicted molar refractivity (Wildman–Crippen MR) is 203 cm³/mol. The van der Waals surface area contributed by atoms with Crippen LogP contribution in [0.25, 0.3) is 17.0 Å². The van der Waals surface area contributed by atoms with E-state index in [1.54, 1.807) is 53.2 Å². The minimum absolute atomic E-state index is 0.0175. The summed E-state index contributed by atoms with van der Waals surface area (Å²) in [6, 6.07) is 20.4. The third kappa shape index (κ3) is 8.91. The van der Waals surface area contributed by atoms with Crippen LogP contribution < -0.4 is 19.5 Å². The number of nitrogens with zero attached hydrogens (tertiary/aromatic N) is 3. The molecule has 272 valence electrons. The number of carbonyl (C=O) groups is 1. The lowest BCUT2D eigenvalue weighted by Gasteiger charge is -2.30. The minimum Gasteiger partial charge on any atom is -0.493 e. The molecule has 0 aliphatic rings. The molecular weight excluding hydrogens is 665 g/mol. The zero-order chi connectivity index (χ0) is 37.0. The van der Waals surface area contributed by atoms with E-state index in [2.05, 4.69) is 85.0 Å². The lowest BCUT2D eigenvalue weighted by atomic mass is 9.76. The highest BCUT2D eigenvalue weighted by molar-refractivity contribution is 7.92. The van der Waals surface area contributed by atoms with E-state index in [0.717, 1.165) is 30.5 Å². The summed E-state index contributed by atoms with van der Waals surface area (Å²) >= 11 is 0. The van der Waals surface area contributed by atoms with Gasteiger partial charge in [-0.1, -0.05) is 72.7 Å². The maximum atomic E-state index is 12.9. The van der Waals surface area contributed by atoms with E-state index in [1.165, 1.54) is 11.1 Å². The Morgan fingerprint density at radius 3 is 2.33 bits per heavy atom. The molecule has 3 N–H and O–H groups in total. The average molecular weight is 715 g/mol. The predicted octanol–water partition coefficient (Wildman–Crippen LogP) is 8.02. The SMILES string of the molecule is CCc1[nH]n2nc(-c3cccc(NS(C)(=O)=O)c3)nc2c1Oc1ccc(C(=O)NCCCOc2ccc(C(C)(C)CC)cc2C(C)(C)CC)cc1. The van der Waals surface area contributed by atoms with Gasteiger partial charge in [0.2, 0.25) is 15.7 Å². The lowest BCUT2D eigenvalue weighted by Crippen LogP contribution is -2.26. The molecule has 0 atom stereocenters. The molecule has 0 fully saturated rings. The molecule has 2 aromatic heterocycles. The van der Waals surface area contributed by atoms with Gasteiger partial charge in [0.25, 0.3) is 5.91 Å². The van der Waals surface area contributed by atoms with Gasteiger partial charge in [-0.3, -0.25) is 14.6 Å². The number of nitrogens with one attached hydrogen (secondary N) is 3. The molecule has 51 heavy (non-hydrogen) atoms. The van der Waals surface area contributed by atoms with Crippen molar-refractivity contribution in [2.45, 2.75) is 85.0 Å². The molecule has 0 unspecified atom stereocenters. The Labute approximate surface area is 301 Å². The van der Waals surface area contributed by atoms with Crippen molar-refractivity contribution in [3.8, 4) is 28.6 Å². The third-order valence-corrected chi connectivity index (χ3v) is 10.2. The first kappa shape index (κ1) is 37.4. The van der Waals surface area contributed by atoms with Crippen LogP contribution in [0, 0.1) is 0 Å². The van der Waals surface area contributed by atoms with E-state index in [9.17, 15) is 13.2 Å². The first-order chi connectivity index (χ1) is 24.1. The van der Waals surface area contributed by atoms with Crippen molar-refractivity contribution in [2.24, 2.45) is 0 Å². The molecular formula is C39H50N6O5S. The fraction of sp³-hybridized carbons (Fsp3) is 0.410. The lowest BCUT2D eigenvalue weighted by molar-refractivity contribution is 0.0951. The zero-order valence-electron chi connectivity index (χ0n) is 30.9. The Bertz CT molecular complexity index is 2100. The highest BCUT2D eigenvalue weighted by Crippen LogP contribution is 2.38. The van der Waals surface area contributed by atoms with Crippen LogP contribution >= 0.6 is 0 Å². The smallest absolute Gasteiger partial charge is 0.251 e. The molecule has 0 radical (unpaired) electrons. The van der Waals surface area contributed by atoms with Gasteiger partial charge < -0.3 is 14.8 Å². The number of carbonyl (C=O) groups excluding carboxylic acids is 1. The van der Waals surface area contributed by atoms with E-state index < -0.39 is 10.0 Å². The molecule has 12 heteroatoms. The number of rotatable bonds is 16. The number of benzene rings is 3. The Kier molecular flexibility index (Phi) is 11.1. The Balaban J connectivity index is 1.19. The van der Waals surface area contributed by atoms with Gasteiger partial charge in [-0.25, -0.2) is 13.4 Å². The molecule has 0 aliphatic carbocycles. The molecule has 0 spiro atoms. The van der Waals surface area contributed by atoms with Gasteiger partial charge in [-0.2, -0.15) is 0 Å². The standard InChI is InChI=1S/C39H50N6O5S/c1-9-32-34(36-41-35(43-45(36)42-32)27-14-12-15-29(24-27)44-51(8,47)48)50-30-19-16-26(17-20-30)37(46)40-22-13-23-49-33-21-18-28(38(4,5)10-2)25-31(33)39(6,7)11-3/h12,14-21,24-25,42,44H,9-11,13,22-23H2,1-8H3,(H,40,46). The topological polar surface area (TPSA) is 140 Å². The van der Waals surface area contributed by atoms with Crippen LogP contribution in [-0.4, -0.2) is 53.5 Å². The van der Waals surface area contributed by atoms with Crippen molar-refractivity contribution >= 4 is 27.3 Å². The summed E-state index contributed by atoms with van der Waals surface area (Å²) in [6.45, 7) is 16.5. The molecule has 0 aliphatic heterocycles. The van der Waals surface area contributed by atoms with Crippen LogP contribution in [0.5, 0.6) is 17.2 Å². The maximum absolute atomic E-state index is 12.9. The number of ether oxygens (including phenoxy) is 2. The van der Waals surface area contributed by atoms with Crippen molar-refractivity contribution in [3.05, 3.63) is 89.1 Å². The van der Waals surface area contributed by atoms with Crippen molar-refractivity contribution < 1.29 is 22.7 Å². The Hall–Kier alpha value is -4.84. The Morgan fingerprint density at radius 1 is 0.941 bits per heavy atom.